The van der Waals surface area contributed by atoms with Gasteiger partial charge in [0.25, 0.3) is 0 Å². The second-order valence-corrected chi connectivity index (χ2v) is 5.14. The van der Waals surface area contributed by atoms with Crippen LogP contribution in [0.3, 0.4) is 0 Å². The van der Waals surface area contributed by atoms with Gasteiger partial charge in [0.15, 0.2) is 0 Å². The number of rotatable bonds is 2. The van der Waals surface area contributed by atoms with Gasteiger partial charge in [-0.3, -0.25) is 4.79 Å². The van der Waals surface area contributed by atoms with Crippen LogP contribution in [0.5, 0.6) is 0 Å². The van der Waals surface area contributed by atoms with E-state index >= 15 is 0 Å². The third-order valence-corrected chi connectivity index (χ3v) is 3.27. The fraction of sp³-hybridized carbons (Fsp3) is 0.900. The van der Waals surface area contributed by atoms with Crippen molar-refractivity contribution in [1.29, 1.82) is 0 Å². The van der Waals surface area contributed by atoms with E-state index in [4.69, 9.17) is 5.73 Å². The highest BCUT2D eigenvalue weighted by Crippen LogP contribution is 2.33. The Morgan fingerprint density at radius 2 is 2.07 bits per heavy atom. The van der Waals surface area contributed by atoms with Crippen molar-refractivity contribution in [1.82, 2.24) is 4.90 Å². The van der Waals surface area contributed by atoms with E-state index in [2.05, 4.69) is 0 Å². The first kappa shape index (κ1) is 9.93. The van der Waals surface area contributed by atoms with Crippen LogP contribution in [0.15, 0.2) is 0 Å². The van der Waals surface area contributed by atoms with Gasteiger partial charge in [-0.1, -0.05) is 0 Å². The average Bonchev–Trinajstić information content (AvgIpc) is 1.96. The Bertz CT molecular complexity index is 251. The molecule has 0 bridgehead atoms. The van der Waals surface area contributed by atoms with E-state index < -0.39 is 5.60 Å². The summed E-state index contributed by atoms with van der Waals surface area (Å²) in [5, 5.41) is 9.48. The van der Waals surface area contributed by atoms with E-state index in [-0.39, 0.29) is 11.4 Å². The first-order valence-electron chi connectivity index (χ1n) is 5.19. The number of carbonyl (C=O) groups is 1. The van der Waals surface area contributed by atoms with Crippen molar-refractivity contribution in [3.63, 3.8) is 0 Å². The second kappa shape index (κ2) is 2.94. The number of amides is 1. The molecule has 1 saturated carbocycles. The second-order valence-electron chi connectivity index (χ2n) is 5.14. The van der Waals surface area contributed by atoms with E-state index in [0.29, 0.717) is 19.5 Å². The van der Waals surface area contributed by atoms with E-state index in [0.717, 1.165) is 19.3 Å². The molecule has 14 heavy (non-hydrogen) atoms. The average molecular weight is 198 g/mol. The molecule has 0 spiro atoms. The fourth-order valence-electron chi connectivity index (χ4n) is 2.17. The van der Waals surface area contributed by atoms with Gasteiger partial charge in [-0.05, 0) is 26.2 Å². The number of nitrogens with two attached hydrogens (primary N) is 1. The maximum atomic E-state index is 11.7. The van der Waals surface area contributed by atoms with Gasteiger partial charge >= 0.3 is 0 Å². The molecule has 4 nitrogen and oxygen atoms in total. The number of β-amino-alcohol motifs (C(OH)–C–C–N with tert-alkyl or cyclic N) is 1. The number of likely N-dealkylation sites (tertiary alicyclic amines) is 1. The van der Waals surface area contributed by atoms with Crippen molar-refractivity contribution >= 4 is 5.91 Å². The third-order valence-electron chi connectivity index (χ3n) is 3.27. The molecular weight excluding hydrogens is 180 g/mol. The molecule has 0 radical (unpaired) electrons. The normalized spacial score (nSPS) is 27.8. The number of nitrogens with zero attached hydrogens (tertiary/aromatic N) is 1. The maximum absolute atomic E-state index is 11.7. The molecule has 1 saturated heterocycles. The SMILES string of the molecule is CC1(O)CN(C(=O)CC2(N)CCC2)C1. The standard InChI is InChI=1S/C10H18N2O2/c1-9(14)6-12(7-9)8(13)5-10(11)3-2-4-10/h14H,2-7,11H2,1H3. The minimum absolute atomic E-state index is 0.0960. The highest BCUT2D eigenvalue weighted by Gasteiger charge is 2.42. The quantitative estimate of drug-likeness (QED) is 0.648. The third kappa shape index (κ3) is 1.77. The fourth-order valence-corrected chi connectivity index (χ4v) is 2.17. The van der Waals surface area contributed by atoms with Crippen LogP contribution >= 0.6 is 0 Å². The summed E-state index contributed by atoms with van der Waals surface area (Å²) in [5.41, 5.74) is 5.07. The highest BCUT2D eigenvalue weighted by atomic mass is 16.3. The van der Waals surface area contributed by atoms with Crippen LogP contribution in [0, 0.1) is 0 Å². The molecule has 0 aromatic rings. The van der Waals surface area contributed by atoms with E-state index in [9.17, 15) is 9.90 Å². The van der Waals surface area contributed by atoms with Gasteiger partial charge in [0.2, 0.25) is 5.91 Å². The van der Waals surface area contributed by atoms with Crippen molar-refractivity contribution in [2.75, 3.05) is 13.1 Å². The summed E-state index contributed by atoms with van der Waals surface area (Å²) in [7, 11) is 0. The molecule has 1 heterocycles. The van der Waals surface area contributed by atoms with Crippen molar-refractivity contribution in [3.8, 4) is 0 Å². The molecule has 2 fully saturated rings. The maximum Gasteiger partial charge on any atom is 0.224 e. The van der Waals surface area contributed by atoms with Crippen molar-refractivity contribution in [2.45, 2.75) is 43.7 Å². The first-order valence-corrected chi connectivity index (χ1v) is 5.19. The Morgan fingerprint density at radius 3 is 2.43 bits per heavy atom. The number of hydrogen-bond donors (Lipinski definition) is 2. The Kier molecular flexibility index (Phi) is 2.08. The summed E-state index contributed by atoms with van der Waals surface area (Å²) < 4.78 is 0. The number of carbonyl (C=O) groups excluding carboxylic acids is 1. The molecule has 0 atom stereocenters. The Labute approximate surface area is 84.1 Å². The van der Waals surface area contributed by atoms with Gasteiger partial charge < -0.3 is 15.7 Å². The lowest BCUT2D eigenvalue weighted by Gasteiger charge is -2.46. The molecule has 1 aliphatic heterocycles. The van der Waals surface area contributed by atoms with E-state index in [1.807, 2.05) is 0 Å². The van der Waals surface area contributed by atoms with Crippen LogP contribution in [-0.4, -0.2) is 40.1 Å². The highest BCUT2D eigenvalue weighted by molar-refractivity contribution is 5.78. The zero-order chi connectivity index (χ0) is 10.4. The first-order chi connectivity index (χ1) is 6.40. The predicted octanol–water partition coefficient (Wildman–Crippen LogP) is -0.149. The molecule has 80 valence electrons. The van der Waals surface area contributed by atoms with Crippen LogP contribution in [0.2, 0.25) is 0 Å². The van der Waals surface area contributed by atoms with Crippen LogP contribution in [0.25, 0.3) is 0 Å². The summed E-state index contributed by atoms with van der Waals surface area (Å²) in [6.45, 7) is 2.67. The van der Waals surface area contributed by atoms with E-state index in [1.165, 1.54) is 0 Å². The molecular formula is C10H18N2O2. The van der Waals surface area contributed by atoms with Crippen LogP contribution in [0.4, 0.5) is 0 Å². The predicted molar refractivity (Wildman–Crippen MR) is 52.6 cm³/mol. The topological polar surface area (TPSA) is 66.6 Å². The molecule has 3 N–H and O–H groups in total. The molecule has 1 amide bonds. The number of aliphatic hydroxyl groups is 1. The molecule has 0 unspecified atom stereocenters. The van der Waals surface area contributed by atoms with Crippen molar-refractivity contribution in [3.05, 3.63) is 0 Å². The molecule has 2 rings (SSSR count). The van der Waals surface area contributed by atoms with Gasteiger partial charge in [0, 0.05) is 12.0 Å². The van der Waals surface area contributed by atoms with Gasteiger partial charge in [-0.15, -0.1) is 0 Å². The summed E-state index contributed by atoms with van der Waals surface area (Å²) >= 11 is 0. The van der Waals surface area contributed by atoms with Gasteiger partial charge in [0.1, 0.15) is 0 Å². The summed E-state index contributed by atoms with van der Waals surface area (Å²) in [6.07, 6.45) is 3.51. The lowest BCUT2D eigenvalue weighted by Crippen LogP contribution is -2.63. The number of hydrogen-bond acceptors (Lipinski definition) is 3. The van der Waals surface area contributed by atoms with Crippen LogP contribution < -0.4 is 5.73 Å². The Morgan fingerprint density at radius 1 is 1.50 bits per heavy atom. The minimum Gasteiger partial charge on any atom is -0.386 e. The molecule has 2 aliphatic rings. The monoisotopic (exact) mass is 198 g/mol. The van der Waals surface area contributed by atoms with Gasteiger partial charge in [0.05, 0.1) is 18.7 Å². The Balaban J connectivity index is 1.80. The van der Waals surface area contributed by atoms with Crippen molar-refractivity contribution < 1.29 is 9.90 Å². The zero-order valence-corrected chi connectivity index (χ0v) is 8.62. The molecule has 4 heteroatoms. The molecule has 0 aromatic carbocycles. The summed E-state index contributed by atoms with van der Waals surface area (Å²) in [6, 6.07) is 0. The van der Waals surface area contributed by atoms with Gasteiger partial charge in [-0.25, -0.2) is 0 Å². The van der Waals surface area contributed by atoms with Crippen LogP contribution in [0.1, 0.15) is 32.6 Å². The van der Waals surface area contributed by atoms with Crippen molar-refractivity contribution in [2.24, 2.45) is 5.73 Å². The molecule has 1 aliphatic carbocycles. The molecule has 0 aromatic heterocycles. The van der Waals surface area contributed by atoms with Gasteiger partial charge in [-0.2, -0.15) is 0 Å². The van der Waals surface area contributed by atoms with E-state index in [1.54, 1.807) is 11.8 Å². The minimum atomic E-state index is -0.670. The summed E-state index contributed by atoms with van der Waals surface area (Å²) in [5.74, 6) is 0.0960. The Hall–Kier alpha value is -0.610. The summed E-state index contributed by atoms with van der Waals surface area (Å²) in [4.78, 5) is 13.3. The van der Waals surface area contributed by atoms with Crippen LogP contribution in [-0.2, 0) is 4.79 Å². The smallest absolute Gasteiger partial charge is 0.224 e. The zero-order valence-electron chi connectivity index (χ0n) is 8.62. The largest absolute Gasteiger partial charge is 0.386 e. The lowest BCUT2D eigenvalue weighted by molar-refractivity contribution is -0.154. The lowest BCUT2D eigenvalue weighted by atomic mass is 9.75.